The lowest BCUT2D eigenvalue weighted by molar-refractivity contribution is -0.156. The number of hydrogen-bond acceptors (Lipinski definition) is 6. The second-order valence-electron chi connectivity index (χ2n) is 8.76. The number of fused-ring (bicyclic) bond motifs is 2. The molecule has 1 atom stereocenters. The van der Waals surface area contributed by atoms with Gasteiger partial charge in [-0.25, -0.2) is 4.79 Å². The van der Waals surface area contributed by atoms with Gasteiger partial charge < -0.3 is 23.8 Å². The zero-order valence-corrected chi connectivity index (χ0v) is 21.2. The lowest BCUT2D eigenvalue weighted by Gasteiger charge is -2.32. The van der Waals surface area contributed by atoms with Crippen molar-refractivity contribution in [1.82, 2.24) is 0 Å². The topological polar surface area (TPSA) is 57.2 Å². The van der Waals surface area contributed by atoms with E-state index in [2.05, 4.69) is 11.8 Å². The van der Waals surface area contributed by atoms with Gasteiger partial charge in [0.25, 0.3) is 0 Å². The van der Waals surface area contributed by atoms with Gasteiger partial charge in [-0.05, 0) is 55.3 Å². The van der Waals surface area contributed by atoms with Gasteiger partial charge in [0.15, 0.2) is 24.3 Å². The Morgan fingerprint density at radius 2 is 1.53 bits per heavy atom. The Labute approximate surface area is 213 Å². The van der Waals surface area contributed by atoms with Crippen molar-refractivity contribution >= 4 is 17.3 Å². The van der Waals surface area contributed by atoms with Gasteiger partial charge in [-0.15, -0.1) is 0 Å². The molecule has 1 aliphatic rings. The van der Waals surface area contributed by atoms with Crippen LogP contribution in [0, 0.1) is 0 Å². The number of anilines is 2. The number of carbonyl (C=O) groups excluding carboxylic acids is 1. The van der Waals surface area contributed by atoms with E-state index in [1.54, 1.807) is 0 Å². The molecule has 4 rings (SSSR count). The number of ether oxygens (including phenoxy) is 4. The predicted molar refractivity (Wildman–Crippen MR) is 141 cm³/mol. The minimum atomic E-state index is -0.598. The normalized spacial score (nSPS) is 12.8. The van der Waals surface area contributed by atoms with Crippen molar-refractivity contribution in [3.63, 3.8) is 0 Å². The molecule has 190 valence electrons. The number of esters is 1. The van der Waals surface area contributed by atoms with Crippen LogP contribution in [0.4, 0.5) is 11.4 Å². The van der Waals surface area contributed by atoms with Crippen LogP contribution in [0.2, 0.25) is 0 Å². The number of unbranched alkanes of at least 4 members (excludes halogenated alkanes) is 3. The van der Waals surface area contributed by atoms with E-state index < -0.39 is 6.10 Å². The molecule has 0 aromatic heterocycles. The Kier molecular flexibility index (Phi) is 9.22. The average molecular weight is 490 g/mol. The zero-order chi connectivity index (χ0) is 25.2. The van der Waals surface area contributed by atoms with Gasteiger partial charge in [-0.1, -0.05) is 62.6 Å². The van der Waals surface area contributed by atoms with E-state index in [-0.39, 0.29) is 5.97 Å². The molecule has 0 fully saturated rings. The van der Waals surface area contributed by atoms with E-state index in [0.717, 1.165) is 47.0 Å². The standard InChI is InChI=1S/C30H35NO5/c1-3-5-6-11-20-34-29(30(32)33-4-2)21-23-16-18-24(19-17-23)35-22-31-25-12-7-9-14-27(25)36-28-15-10-8-13-26(28)31/h7-10,12-19,29H,3-6,11,20-22H2,1-2H3. The van der Waals surface area contributed by atoms with Gasteiger partial charge in [0.05, 0.1) is 18.0 Å². The maximum absolute atomic E-state index is 12.4. The monoisotopic (exact) mass is 489 g/mol. The van der Waals surface area contributed by atoms with Crippen LogP contribution in [0.15, 0.2) is 72.8 Å². The van der Waals surface area contributed by atoms with E-state index >= 15 is 0 Å². The Balaban J connectivity index is 1.38. The van der Waals surface area contributed by atoms with Crippen molar-refractivity contribution < 1.29 is 23.7 Å². The van der Waals surface area contributed by atoms with Crippen molar-refractivity contribution in [3.8, 4) is 17.2 Å². The minimum Gasteiger partial charge on any atom is -0.473 e. The second kappa shape index (κ2) is 13.0. The fourth-order valence-corrected chi connectivity index (χ4v) is 4.20. The molecule has 0 radical (unpaired) electrons. The molecular weight excluding hydrogens is 454 g/mol. The fraction of sp³-hybridized carbons (Fsp3) is 0.367. The summed E-state index contributed by atoms with van der Waals surface area (Å²) in [4.78, 5) is 14.5. The summed E-state index contributed by atoms with van der Waals surface area (Å²) < 4.78 is 23.3. The summed E-state index contributed by atoms with van der Waals surface area (Å²) >= 11 is 0. The summed E-state index contributed by atoms with van der Waals surface area (Å²) in [5, 5.41) is 0. The second-order valence-corrected chi connectivity index (χ2v) is 8.76. The molecule has 0 saturated heterocycles. The van der Waals surface area contributed by atoms with Crippen LogP contribution in [0.5, 0.6) is 17.2 Å². The quantitative estimate of drug-likeness (QED) is 0.190. The number of benzene rings is 3. The summed E-state index contributed by atoms with van der Waals surface area (Å²) in [6.07, 6.45) is 4.27. The molecule has 0 bridgehead atoms. The molecule has 3 aromatic carbocycles. The van der Waals surface area contributed by atoms with Gasteiger partial charge in [0.2, 0.25) is 0 Å². The predicted octanol–water partition coefficient (Wildman–Crippen LogP) is 7.04. The first-order valence-corrected chi connectivity index (χ1v) is 12.8. The zero-order valence-electron chi connectivity index (χ0n) is 21.2. The maximum Gasteiger partial charge on any atom is 0.335 e. The van der Waals surface area contributed by atoms with Gasteiger partial charge >= 0.3 is 5.97 Å². The van der Waals surface area contributed by atoms with Crippen LogP contribution in [-0.4, -0.2) is 32.0 Å². The van der Waals surface area contributed by atoms with Crippen LogP contribution in [0.1, 0.15) is 45.1 Å². The summed E-state index contributed by atoms with van der Waals surface area (Å²) in [7, 11) is 0. The molecule has 36 heavy (non-hydrogen) atoms. The van der Waals surface area contributed by atoms with Gasteiger partial charge in [0, 0.05) is 13.0 Å². The number of rotatable bonds is 13. The summed E-state index contributed by atoms with van der Waals surface area (Å²) in [6, 6.07) is 23.7. The highest BCUT2D eigenvalue weighted by Gasteiger charge is 2.24. The molecule has 0 N–H and O–H groups in total. The first-order valence-electron chi connectivity index (χ1n) is 12.8. The van der Waals surface area contributed by atoms with Crippen LogP contribution < -0.4 is 14.4 Å². The molecule has 1 aliphatic heterocycles. The molecular formula is C30H35NO5. The Bertz CT molecular complexity index is 1070. The number of nitrogens with zero attached hydrogens (tertiary/aromatic N) is 1. The van der Waals surface area contributed by atoms with Crippen molar-refractivity contribution in [2.75, 3.05) is 24.8 Å². The smallest absolute Gasteiger partial charge is 0.335 e. The summed E-state index contributed by atoms with van der Waals surface area (Å²) in [5.74, 6) is 2.04. The highest BCUT2D eigenvalue weighted by atomic mass is 16.6. The highest BCUT2D eigenvalue weighted by Crippen LogP contribution is 2.46. The van der Waals surface area contributed by atoms with Crippen LogP contribution in [-0.2, 0) is 20.7 Å². The summed E-state index contributed by atoms with van der Waals surface area (Å²) in [5.41, 5.74) is 2.92. The third-order valence-corrected chi connectivity index (χ3v) is 6.10. The van der Waals surface area contributed by atoms with Gasteiger partial charge in [0.1, 0.15) is 5.75 Å². The molecule has 1 unspecified atom stereocenters. The van der Waals surface area contributed by atoms with E-state index in [1.165, 1.54) is 12.8 Å². The Morgan fingerprint density at radius 1 is 0.861 bits per heavy atom. The third kappa shape index (κ3) is 6.58. The molecule has 0 aliphatic carbocycles. The van der Waals surface area contributed by atoms with Crippen molar-refractivity contribution in [2.45, 2.75) is 52.1 Å². The van der Waals surface area contributed by atoms with E-state index in [1.807, 2.05) is 79.7 Å². The van der Waals surface area contributed by atoms with E-state index in [9.17, 15) is 4.79 Å². The van der Waals surface area contributed by atoms with Crippen molar-refractivity contribution in [2.24, 2.45) is 0 Å². The summed E-state index contributed by atoms with van der Waals surface area (Å²) in [6.45, 7) is 5.23. The SMILES string of the molecule is CCCCCCOC(Cc1ccc(OCN2c3ccccc3Oc3ccccc32)cc1)C(=O)OCC. The van der Waals surface area contributed by atoms with Crippen LogP contribution >= 0.6 is 0 Å². The first-order chi connectivity index (χ1) is 17.7. The van der Waals surface area contributed by atoms with Crippen molar-refractivity contribution in [3.05, 3.63) is 78.4 Å². The van der Waals surface area contributed by atoms with E-state index in [0.29, 0.717) is 26.4 Å². The number of para-hydroxylation sites is 4. The highest BCUT2D eigenvalue weighted by molar-refractivity contribution is 5.77. The number of carbonyl (C=O) groups is 1. The lowest BCUT2D eigenvalue weighted by Crippen LogP contribution is -2.29. The molecule has 0 amide bonds. The fourth-order valence-electron chi connectivity index (χ4n) is 4.20. The maximum atomic E-state index is 12.4. The van der Waals surface area contributed by atoms with Gasteiger partial charge in [-0.3, -0.25) is 0 Å². The minimum absolute atomic E-state index is 0.307. The molecule has 6 nitrogen and oxygen atoms in total. The molecule has 3 aromatic rings. The van der Waals surface area contributed by atoms with Gasteiger partial charge in [-0.2, -0.15) is 0 Å². The number of hydrogen-bond donors (Lipinski definition) is 0. The molecule has 0 saturated carbocycles. The largest absolute Gasteiger partial charge is 0.473 e. The molecule has 0 spiro atoms. The Morgan fingerprint density at radius 3 is 2.17 bits per heavy atom. The lowest BCUT2D eigenvalue weighted by atomic mass is 10.1. The van der Waals surface area contributed by atoms with Crippen LogP contribution in [0.25, 0.3) is 0 Å². The third-order valence-electron chi connectivity index (χ3n) is 6.10. The Hall–Kier alpha value is -3.51. The van der Waals surface area contributed by atoms with E-state index in [4.69, 9.17) is 18.9 Å². The molecule has 6 heteroatoms. The average Bonchev–Trinajstić information content (AvgIpc) is 2.91. The molecule has 1 heterocycles. The first kappa shape index (κ1) is 25.6. The van der Waals surface area contributed by atoms with Crippen molar-refractivity contribution in [1.29, 1.82) is 0 Å². The van der Waals surface area contributed by atoms with Crippen LogP contribution in [0.3, 0.4) is 0 Å².